The van der Waals surface area contributed by atoms with E-state index in [4.69, 9.17) is 0 Å². The van der Waals surface area contributed by atoms with Crippen molar-refractivity contribution in [1.29, 1.82) is 0 Å². The van der Waals surface area contributed by atoms with Gasteiger partial charge in [-0.2, -0.15) is 0 Å². The Labute approximate surface area is 99.1 Å². The van der Waals surface area contributed by atoms with Crippen molar-refractivity contribution in [3.63, 3.8) is 0 Å². The minimum absolute atomic E-state index is 0.130. The second-order valence-corrected chi connectivity index (χ2v) is 3.88. The number of benzene rings is 1. The largest absolute Gasteiger partial charge is 0.339 e. The molecule has 0 spiro atoms. The molecule has 0 aromatic heterocycles. The molecule has 1 aromatic rings. The van der Waals surface area contributed by atoms with Crippen LogP contribution in [0.1, 0.15) is 34.8 Å². The van der Waals surface area contributed by atoms with Crippen LogP contribution in [0.3, 0.4) is 0 Å². The molecule has 0 saturated heterocycles. The van der Waals surface area contributed by atoms with Gasteiger partial charge in [0, 0.05) is 12.0 Å². The summed E-state index contributed by atoms with van der Waals surface area (Å²) in [5.74, 6) is 0.130. The molecule has 90 valence electrons. The first kappa shape index (κ1) is 11.6. The van der Waals surface area contributed by atoms with E-state index in [1.807, 2.05) is 18.2 Å². The number of carbonyl (C=O) groups excluding carboxylic acids is 2. The van der Waals surface area contributed by atoms with E-state index in [1.54, 1.807) is 6.07 Å². The van der Waals surface area contributed by atoms with Crippen molar-refractivity contribution in [3.8, 4) is 0 Å². The van der Waals surface area contributed by atoms with Gasteiger partial charge in [-0.05, 0) is 12.0 Å². The molecule has 0 radical (unpaired) electrons. The van der Waals surface area contributed by atoms with Crippen LogP contribution < -0.4 is 10.8 Å². The lowest BCUT2D eigenvalue weighted by Crippen LogP contribution is -2.39. The van der Waals surface area contributed by atoms with Gasteiger partial charge >= 0.3 is 6.03 Å². The Bertz CT molecular complexity index is 445. The molecule has 1 aliphatic rings. The standard InChI is InChI=1S/C12H14N2O3/c1-17-14-12(16)13-10-6-7-11(15)9-5-3-2-4-8(9)10/h2-5,10H,6-7H2,1H3,(H2,13,14,16). The first-order valence-corrected chi connectivity index (χ1v) is 5.44. The second-order valence-electron chi connectivity index (χ2n) is 3.88. The number of carbonyl (C=O) groups is 2. The molecule has 0 aliphatic heterocycles. The third-order valence-electron chi connectivity index (χ3n) is 2.80. The Kier molecular flexibility index (Phi) is 3.39. The topological polar surface area (TPSA) is 67.4 Å². The van der Waals surface area contributed by atoms with Gasteiger partial charge in [0.05, 0.1) is 13.2 Å². The monoisotopic (exact) mass is 234 g/mol. The molecule has 2 amide bonds. The molecule has 2 rings (SSSR count). The van der Waals surface area contributed by atoms with Gasteiger partial charge in [-0.25, -0.2) is 10.3 Å². The normalized spacial score (nSPS) is 18.4. The maximum Gasteiger partial charge on any atom is 0.339 e. The molecule has 0 saturated carbocycles. The van der Waals surface area contributed by atoms with E-state index in [1.165, 1.54) is 7.11 Å². The Balaban J connectivity index is 2.18. The highest BCUT2D eigenvalue weighted by Gasteiger charge is 2.26. The number of nitrogens with one attached hydrogen (secondary N) is 2. The third kappa shape index (κ3) is 2.45. The fourth-order valence-corrected chi connectivity index (χ4v) is 2.05. The lowest BCUT2D eigenvalue weighted by Gasteiger charge is -2.25. The summed E-state index contributed by atoms with van der Waals surface area (Å²) in [6.45, 7) is 0. The van der Waals surface area contributed by atoms with E-state index in [9.17, 15) is 9.59 Å². The Hall–Kier alpha value is -1.88. The van der Waals surface area contributed by atoms with Gasteiger partial charge in [0.15, 0.2) is 5.78 Å². The van der Waals surface area contributed by atoms with Gasteiger partial charge in [0.2, 0.25) is 0 Å². The molecule has 5 heteroatoms. The van der Waals surface area contributed by atoms with Crippen LogP contribution in [0.15, 0.2) is 24.3 Å². The predicted molar refractivity (Wildman–Crippen MR) is 61.4 cm³/mol. The van der Waals surface area contributed by atoms with E-state index in [-0.39, 0.29) is 11.8 Å². The van der Waals surface area contributed by atoms with Gasteiger partial charge in [0.25, 0.3) is 0 Å². The Morgan fingerprint density at radius 1 is 1.41 bits per heavy atom. The summed E-state index contributed by atoms with van der Waals surface area (Å²) in [7, 11) is 1.37. The van der Waals surface area contributed by atoms with E-state index in [0.717, 1.165) is 5.56 Å². The van der Waals surface area contributed by atoms with Crippen molar-refractivity contribution >= 4 is 11.8 Å². The number of fused-ring (bicyclic) bond motifs is 1. The molecule has 1 aliphatic carbocycles. The van der Waals surface area contributed by atoms with E-state index >= 15 is 0 Å². The van der Waals surface area contributed by atoms with Crippen molar-refractivity contribution in [3.05, 3.63) is 35.4 Å². The predicted octanol–water partition coefficient (Wildman–Crippen LogP) is 1.56. The quantitative estimate of drug-likeness (QED) is 0.763. The number of hydroxylamine groups is 1. The zero-order chi connectivity index (χ0) is 12.3. The van der Waals surface area contributed by atoms with Gasteiger partial charge < -0.3 is 5.32 Å². The van der Waals surface area contributed by atoms with Crippen LogP contribution in [0.4, 0.5) is 4.79 Å². The van der Waals surface area contributed by atoms with E-state index in [0.29, 0.717) is 18.4 Å². The molecule has 5 nitrogen and oxygen atoms in total. The average Bonchev–Trinajstić information content (AvgIpc) is 2.34. The first-order valence-electron chi connectivity index (χ1n) is 5.44. The highest BCUT2D eigenvalue weighted by Crippen LogP contribution is 2.29. The van der Waals surface area contributed by atoms with Crippen LogP contribution in [0, 0.1) is 0 Å². The van der Waals surface area contributed by atoms with Crippen molar-refractivity contribution < 1.29 is 14.4 Å². The second kappa shape index (κ2) is 4.97. The minimum atomic E-state index is -0.401. The van der Waals surface area contributed by atoms with Gasteiger partial charge in [-0.1, -0.05) is 24.3 Å². The number of amides is 2. The van der Waals surface area contributed by atoms with E-state index < -0.39 is 6.03 Å². The summed E-state index contributed by atoms with van der Waals surface area (Å²) < 4.78 is 0. The lowest BCUT2D eigenvalue weighted by molar-refractivity contribution is 0.0950. The summed E-state index contributed by atoms with van der Waals surface area (Å²) in [6, 6.07) is 6.80. The Morgan fingerprint density at radius 3 is 2.94 bits per heavy atom. The molecule has 1 aromatic carbocycles. The fourth-order valence-electron chi connectivity index (χ4n) is 2.05. The number of hydrogen-bond acceptors (Lipinski definition) is 3. The third-order valence-corrected chi connectivity index (χ3v) is 2.80. The highest BCUT2D eigenvalue weighted by molar-refractivity contribution is 5.98. The molecule has 17 heavy (non-hydrogen) atoms. The smallest absolute Gasteiger partial charge is 0.330 e. The molecule has 2 N–H and O–H groups in total. The maximum atomic E-state index is 11.7. The highest BCUT2D eigenvalue weighted by atomic mass is 16.6. The van der Waals surface area contributed by atoms with E-state index in [2.05, 4.69) is 15.6 Å². The fraction of sp³-hybridized carbons (Fsp3) is 0.333. The van der Waals surface area contributed by atoms with Crippen LogP contribution in [-0.4, -0.2) is 18.9 Å². The van der Waals surface area contributed by atoms with Gasteiger partial charge in [0.1, 0.15) is 0 Å². The van der Waals surface area contributed by atoms with Gasteiger partial charge in [-0.15, -0.1) is 0 Å². The Morgan fingerprint density at radius 2 is 2.18 bits per heavy atom. The lowest BCUT2D eigenvalue weighted by atomic mass is 9.87. The molecule has 1 unspecified atom stereocenters. The number of Topliss-reactive ketones (excluding diaryl/α,β-unsaturated/α-hetero) is 1. The SMILES string of the molecule is CONC(=O)NC1CCC(=O)c2ccccc21. The summed E-state index contributed by atoms with van der Waals surface area (Å²) in [5, 5.41) is 2.77. The van der Waals surface area contributed by atoms with Crippen molar-refractivity contribution in [2.24, 2.45) is 0 Å². The summed E-state index contributed by atoms with van der Waals surface area (Å²) >= 11 is 0. The zero-order valence-corrected chi connectivity index (χ0v) is 9.53. The minimum Gasteiger partial charge on any atom is -0.330 e. The molecule has 1 atom stereocenters. The molecular weight excluding hydrogens is 220 g/mol. The van der Waals surface area contributed by atoms with Crippen LogP contribution in [0.25, 0.3) is 0 Å². The maximum absolute atomic E-state index is 11.7. The molecule has 0 heterocycles. The van der Waals surface area contributed by atoms with Crippen LogP contribution in [0.5, 0.6) is 0 Å². The number of urea groups is 1. The van der Waals surface area contributed by atoms with Crippen molar-refractivity contribution in [2.75, 3.05) is 7.11 Å². The summed E-state index contributed by atoms with van der Waals surface area (Å²) in [4.78, 5) is 27.6. The summed E-state index contributed by atoms with van der Waals surface area (Å²) in [5.41, 5.74) is 3.77. The van der Waals surface area contributed by atoms with Crippen LogP contribution in [0.2, 0.25) is 0 Å². The zero-order valence-electron chi connectivity index (χ0n) is 9.53. The van der Waals surface area contributed by atoms with Crippen LogP contribution in [-0.2, 0) is 4.84 Å². The van der Waals surface area contributed by atoms with Crippen LogP contribution >= 0.6 is 0 Å². The number of hydrogen-bond donors (Lipinski definition) is 2. The first-order chi connectivity index (χ1) is 8.22. The number of ketones is 1. The molecule has 0 fully saturated rings. The van der Waals surface area contributed by atoms with Crippen molar-refractivity contribution in [1.82, 2.24) is 10.8 Å². The molecule has 0 bridgehead atoms. The average molecular weight is 234 g/mol. The van der Waals surface area contributed by atoms with Crippen molar-refractivity contribution in [2.45, 2.75) is 18.9 Å². The summed E-state index contributed by atoms with van der Waals surface area (Å²) in [6.07, 6.45) is 1.07. The van der Waals surface area contributed by atoms with Gasteiger partial charge in [-0.3, -0.25) is 9.63 Å². The molecular formula is C12H14N2O3. The number of rotatable bonds is 2.